The van der Waals surface area contributed by atoms with E-state index >= 15 is 0 Å². The molecule has 3 aromatic carbocycles. The third-order valence-electron chi connectivity index (χ3n) is 5.16. The van der Waals surface area contributed by atoms with Crippen LogP contribution in [0.1, 0.15) is 22.3 Å². The summed E-state index contributed by atoms with van der Waals surface area (Å²) in [6.45, 7) is 0.196. The molecule has 1 heterocycles. The summed E-state index contributed by atoms with van der Waals surface area (Å²) in [7, 11) is 0. The van der Waals surface area contributed by atoms with Gasteiger partial charge >= 0.3 is 0 Å². The highest BCUT2D eigenvalue weighted by atomic mass is 127. The second kappa shape index (κ2) is 11.4. The monoisotopic (exact) mass is 723 g/mol. The predicted octanol–water partition coefficient (Wildman–Crippen LogP) is 6.49. The largest absolute Gasteiger partial charge is 0.487 e. The van der Waals surface area contributed by atoms with Gasteiger partial charge in [0.15, 0.2) is 0 Å². The minimum absolute atomic E-state index is 0.0459. The zero-order valence-corrected chi connectivity index (χ0v) is 23.4. The summed E-state index contributed by atoms with van der Waals surface area (Å²) in [5.74, 6) is 0.217. The molecule has 0 aliphatic carbocycles. The first kappa shape index (κ1) is 26.1. The molecule has 36 heavy (non-hydrogen) atoms. The smallest absolute Gasteiger partial charge is 0.293 e. The summed E-state index contributed by atoms with van der Waals surface area (Å²) in [5, 5.41) is 19.9. The van der Waals surface area contributed by atoms with E-state index in [2.05, 4.69) is 51.3 Å². The normalized spacial score (nSPS) is 14.2. The van der Waals surface area contributed by atoms with Crippen molar-refractivity contribution in [1.29, 1.82) is 5.26 Å². The lowest BCUT2D eigenvalue weighted by atomic mass is 10.1. The van der Waals surface area contributed by atoms with Crippen LogP contribution in [0.2, 0.25) is 0 Å². The number of non-ortho nitro benzene ring substituents is 1. The summed E-state index contributed by atoms with van der Waals surface area (Å²) < 4.78 is 7.63. The summed E-state index contributed by atoms with van der Waals surface area (Å²) in [6.07, 6.45) is 1.65. The maximum absolute atomic E-state index is 12.9. The number of amides is 2. The molecule has 0 N–H and O–H groups in total. The Morgan fingerprint density at radius 1 is 1.08 bits per heavy atom. The second-order valence-electron chi connectivity index (χ2n) is 7.57. The van der Waals surface area contributed by atoms with E-state index in [0.29, 0.717) is 16.9 Å². The van der Waals surface area contributed by atoms with Gasteiger partial charge in [-0.15, -0.1) is 0 Å². The van der Waals surface area contributed by atoms with Crippen LogP contribution in [0.25, 0.3) is 6.08 Å². The molecule has 0 unspecified atom stereocenters. The molecular weight excluding hydrogens is 708 g/mol. The minimum Gasteiger partial charge on any atom is -0.487 e. The van der Waals surface area contributed by atoms with Crippen LogP contribution >= 0.6 is 56.9 Å². The number of rotatable bonds is 7. The van der Waals surface area contributed by atoms with E-state index in [4.69, 9.17) is 4.74 Å². The SMILES string of the molecule is N#Cc1ccccc1COc1c(I)cc(/C=C2/SC(=O)N(Cc3cccc([N+](=O)[O-])c3)C2=O)cc1I. The zero-order valence-electron chi connectivity index (χ0n) is 18.3. The van der Waals surface area contributed by atoms with E-state index in [0.717, 1.165) is 34.9 Å². The van der Waals surface area contributed by atoms with Gasteiger partial charge in [0.05, 0.1) is 35.1 Å². The number of ether oxygens (including phenoxy) is 1. The van der Waals surface area contributed by atoms with E-state index in [1.165, 1.54) is 18.2 Å². The number of carbonyl (C=O) groups excluding carboxylic acids is 2. The lowest BCUT2D eigenvalue weighted by molar-refractivity contribution is -0.384. The van der Waals surface area contributed by atoms with Crippen LogP contribution < -0.4 is 4.74 Å². The van der Waals surface area contributed by atoms with Crippen molar-refractivity contribution in [3.8, 4) is 11.8 Å². The van der Waals surface area contributed by atoms with Gasteiger partial charge in [-0.3, -0.25) is 24.6 Å². The summed E-state index contributed by atoms with van der Waals surface area (Å²) in [6, 6.07) is 19.0. The Hall–Kier alpha value is -2.96. The number of hydrogen-bond acceptors (Lipinski definition) is 7. The number of halogens is 2. The Kier molecular flexibility index (Phi) is 8.27. The van der Waals surface area contributed by atoms with Gasteiger partial charge in [-0.1, -0.05) is 30.3 Å². The molecule has 1 saturated heterocycles. The topological polar surface area (TPSA) is 114 Å². The first-order chi connectivity index (χ1) is 17.3. The van der Waals surface area contributed by atoms with Gasteiger partial charge < -0.3 is 4.74 Å². The lowest BCUT2D eigenvalue weighted by Crippen LogP contribution is -2.27. The Morgan fingerprint density at radius 2 is 1.81 bits per heavy atom. The highest BCUT2D eigenvalue weighted by Gasteiger charge is 2.35. The number of imide groups is 1. The predicted molar refractivity (Wildman–Crippen MR) is 152 cm³/mol. The van der Waals surface area contributed by atoms with E-state index in [1.54, 1.807) is 24.3 Å². The zero-order chi connectivity index (χ0) is 25.8. The molecule has 2 amide bonds. The number of nitriles is 1. The average molecular weight is 723 g/mol. The quantitative estimate of drug-likeness (QED) is 0.119. The number of nitro benzene ring substituents is 1. The van der Waals surface area contributed by atoms with Crippen molar-refractivity contribution in [3.63, 3.8) is 0 Å². The summed E-state index contributed by atoms with van der Waals surface area (Å²) >= 11 is 5.13. The number of carbonyl (C=O) groups is 2. The van der Waals surface area contributed by atoms with E-state index in [9.17, 15) is 25.0 Å². The molecule has 0 atom stereocenters. The molecule has 0 aromatic heterocycles. The summed E-state index contributed by atoms with van der Waals surface area (Å²) in [5.41, 5.74) is 2.47. The molecule has 3 aromatic rings. The average Bonchev–Trinajstić information content (AvgIpc) is 3.11. The van der Waals surface area contributed by atoms with Crippen LogP contribution in [0.5, 0.6) is 5.75 Å². The van der Waals surface area contributed by atoms with Gasteiger partial charge in [0, 0.05) is 17.7 Å². The third-order valence-corrected chi connectivity index (χ3v) is 7.67. The van der Waals surface area contributed by atoms with Gasteiger partial charge in [0.2, 0.25) is 0 Å². The molecule has 180 valence electrons. The molecule has 1 fully saturated rings. The first-order valence-corrected chi connectivity index (χ1v) is 13.3. The maximum atomic E-state index is 12.9. The first-order valence-electron chi connectivity index (χ1n) is 10.4. The van der Waals surface area contributed by atoms with E-state index in [-0.39, 0.29) is 23.7 Å². The second-order valence-corrected chi connectivity index (χ2v) is 10.9. The fraction of sp³-hybridized carbons (Fsp3) is 0.0800. The van der Waals surface area contributed by atoms with E-state index < -0.39 is 16.1 Å². The molecule has 0 saturated carbocycles. The lowest BCUT2D eigenvalue weighted by Gasteiger charge is -2.13. The van der Waals surface area contributed by atoms with Gasteiger partial charge in [0.1, 0.15) is 12.4 Å². The highest BCUT2D eigenvalue weighted by Crippen LogP contribution is 2.36. The molecule has 1 aliphatic heterocycles. The standard InChI is InChI=1S/C25H15I2N3O5S/c26-20-9-16(10-21(27)23(20)35-14-18-6-2-1-5-17(18)12-28)11-22-24(31)29(25(32)36-22)13-15-4-3-7-19(8-15)30(33)34/h1-11H,13-14H2/b22-11+. The van der Waals surface area contributed by atoms with Crippen LogP contribution in [0.3, 0.4) is 0 Å². The van der Waals surface area contributed by atoms with Crippen LogP contribution in [0.15, 0.2) is 65.6 Å². The van der Waals surface area contributed by atoms with Crippen molar-refractivity contribution in [1.82, 2.24) is 4.90 Å². The Morgan fingerprint density at radius 3 is 2.50 bits per heavy atom. The molecule has 0 radical (unpaired) electrons. The molecule has 0 bridgehead atoms. The third kappa shape index (κ3) is 5.88. The molecule has 4 rings (SSSR count). The molecule has 0 spiro atoms. The van der Waals surface area contributed by atoms with Gasteiger partial charge in [0.25, 0.3) is 16.8 Å². The minimum atomic E-state index is -0.518. The Bertz CT molecular complexity index is 1450. The number of hydrogen-bond donors (Lipinski definition) is 0. The van der Waals surface area contributed by atoms with Crippen LogP contribution in [-0.2, 0) is 17.9 Å². The number of thioether (sulfide) groups is 1. The molecule has 11 heteroatoms. The van der Waals surface area contributed by atoms with Crippen LogP contribution in [-0.4, -0.2) is 21.0 Å². The Labute approximate surface area is 237 Å². The van der Waals surface area contributed by atoms with Crippen molar-refractivity contribution in [3.05, 3.63) is 105 Å². The highest BCUT2D eigenvalue weighted by molar-refractivity contribution is 14.1. The van der Waals surface area contributed by atoms with Crippen molar-refractivity contribution in [2.45, 2.75) is 13.2 Å². The number of nitrogens with zero attached hydrogens (tertiary/aromatic N) is 3. The van der Waals surface area contributed by atoms with Gasteiger partial charge in [-0.25, -0.2) is 0 Å². The van der Waals surface area contributed by atoms with Crippen LogP contribution in [0.4, 0.5) is 10.5 Å². The maximum Gasteiger partial charge on any atom is 0.293 e. The van der Waals surface area contributed by atoms with Crippen LogP contribution in [0, 0.1) is 28.6 Å². The fourth-order valence-corrected chi connectivity index (χ4v) is 6.41. The van der Waals surface area contributed by atoms with Crippen molar-refractivity contribution < 1.29 is 19.2 Å². The molecule has 1 aliphatic rings. The van der Waals surface area contributed by atoms with Crippen molar-refractivity contribution in [2.24, 2.45) is 0 Å². The van der Waals surface area contributed by atoms with E-state index in [1.807, 2.05) is 24.3 Å². The van der Waals surface area contributed by atoms with Crippen molar-refractivity contribution in [2.75, 3.05) is 0 Å². The molecule has 8 nitrogen and oxygen atoms in total. The number of nitro groups is 1. The fourth-order valence-electron chi connectivity index (χ4n) is 3.44. The van der Waals surface area contributed by atoms with Gasteiger partial charge in [-0.05, 0) is 92.3 Å². The molecular formula is C25H15I2N3O5S. The summed E-state index contributed by atoms with van der Waals surface area (Å²) in [4.78, 5) is 37.3. The Balaban J connectivity index is 1.51. The van der Waals surface area contributed by atoms with Crippen molar-refractivity contribution >= 4 is 79.9 Å². The number of benzene rings is 3. The van der Waals surface area contributed by atoms with Gasteiger partial charge in [-0.2, -0.15) is 5.26 Å².